The summed E-state index contributed by atoms with van der Waals surface area (Å²) in [5.41, 5.74) is 4.13. The van der Waals surface area contributed by atoms with Gasteiger partial charge in [0.05, 0.1) is 0 Å². The van der Waals surface area contributed by atoms with Gasteiger partial charge in [-0.1, -0.05) is 46.3 Å². The first kappa shape index (κ1) is 14.6. The third-order valence-electron chi connectivity index (χ3n) is 3.25. The Kier molecular flexibility index (Phi) is 4.79. The Hall–Kier alpha value is -1.81. The molecule has 20 heavy (non-hydrogen) atoms. The lowest BCUT2D eigenvalue weighted by atomic mass is 10.1. The van der Waals surface area contributed by atoms with Gasteiger partial charge in [0.2, 0.25) is 0 Å². The van der Waals surface area contributed by atoms with E-state index in [1.54, 1.807) is 0 Å². The molecule has 2 N–H and O–H groups in total. The van der Waals surface area contributed by atoms with Gasteiger partial charge in [-0.2, -0.15) is 0 Å². The number of hydrogen-bond acceptors (Lipinski definition) is 1. The van der Waals surface area contributed by atoms with Gasteiger partial charge in [0.25, 0.3) is 0 Å². The third kappa shape index (κ3) is 3.61. The minimum absolute atomic E-state index is 0.200. The van der Waals surface area contributed by atoms with Crippen molar-refractivity contribution in [2.45, 2.75) is 20.4 Å². The molecule has 0 aliphatic rings. The Bertz CT molecular complexity index is 626. The van der Waals surface area contributed by atoms with E-state index in [1.165, 1.54) is 0 Å². The summed E-state index contributed by atoms with van der Waals surface area (Å²) in [6.45, 7) is 4.51. The number of rotatable bonds is 3. The third-order valence-corrected chi connectivity index (χ3v) is 4.02. The minimum atomic E-state index is -0.200. The van der Waals surface area contributed by atoms with Crippen LogP contribution in [0.2, 0.25) is 0 Å². The molecule has 0 aromatic heterocycles. The second-order valence-electron chi connectivity index (χ2n) is 4.65. The molecule has 0 atom stereocenters. The van der Waals surface area contributed by atoms with Crippen molar-refractivity contribution in [1.29, 1.82) is 0 Å². The molecule has 0 aliphatic heterocycles. The van der Waals surface area contributed by atoms with Crippen LogP contribution >= 0.6 is 15.9 Å². The molecule has 0 saturated heterocycles. The van der Waals surface area contributed by atoms with Crippen LogP contribution in [0.1, 0.15) is 16.7 Å². The van der Waals surface area contributed by atoms with Gasteiger partial charge in [-0.05, 0) is 42.7 Å². The van der Waals surface area contributed by atoms with Crippen LogP contribution in [0, 0.1) is 13.8 Å². The van der Waals surface area contributed by atoms with Crippen LogP contribution in [0.4, 0.5) is 10.5 Å². The maximum atomic E-state index is 11.9. The van der Waals surface area contributed by atoms with Crippen molar-refractivity contribution in [3.05, 3.63) is 63.6 Å². The number of amides is 2. The molecule has 0 spiro atoms. The standard InChI is InChI=1S/C16H17BrN2O/c1-11-6-5-9-15(12(11)2)19-16(20)18-10-13-7-3-4-8-14(13)17/h3-9H,10H2,1-2H3,(H2,18,19,20). The van der Waals surface area contributed by atoms with Gasteiger partial charge < -0.3 is 10.6 Å². The number of nitrogens with one attached hydrogen (secondary N) is 2. The monoisotopic (exact) mass is 332 g/mol. The zero-order chi connectivity index (χ0) is 14.5. The normalized spacial score (nSPS) is 10.2. The van der Waals surface area contributed by atoms with E-state index >= 15 is 0 Å². The number of anilines is 1. The van der Waals surface area contributed by atoms with E-state index in [0.29, 0.717) is 6.54 Å². The molecule has 0 saturated carbocycles. The first-order valence-corrected chi connectivity index (χ1v) is 7.21. The number of benzene rings is 2. The lowest BCUT2D eigenvalue weighted by molar-refractivity contribution is 0.251. The number of halogens is 1. The number of aryl methyl sites for hydroxylation is 1. The molecule has 0 bridgehead atoms. The topological polar surface area (TPSA) is 41.1 Å². The lowest BCUT2D eigenvalue weighted by Gasteiger charge is -2.12. The highest BCUT2D eigenvalue weighted by molar-refractivity contribution is 9.10. The van der Waals surface area contributed by atoms with Gasteiger partial charge in [-0.3, -0.25) is 0 Å². The van der Waals surface area contributed by atoms with Crippen LogP contribution in [-0.4, -0.2) is 6.03 Å². The summed E-state index contributed by atoms with van der Waals surface area (Å²) in [5.74, 6) is 0. The van der Waals surface area contributed by atoms with Crippen molar-refractivity contribution in [2.24, 2.45) is 0 Å². The molecule has 4 heteroatoms. The van der Waals surface area contributed by atoms with E-state index in [-0.39, 0.29) is 6.03 Å². The summed E-state index contributed by atoms with van der Waals surface area (Å²) in [4.78, 5) is 11.9. The Labute approximate surface area is 127 Å². The largest absolute Gasteiger partial charge is 0.334 e. The molecular weight excluding hydrogens is 316 g/mol. The highest BCUT2D eigenvalue weighted by Gasteiger charge is 2.06. The summed E-state index contributed by atoms with van der Waals surface area (Å²) >= 11 is 3.46. The van der Waals surface area contributed by atoms with Gasteiger partial charge in [-0.15, -0.1) is 0 Å². The van der Waals surface area contributed by atoms with Crippen LogP contribution in [0.5, 0.6) is 0 Å². The first-order valence-electron chi connectivity index (χ1n) is 6.42. The summed E-state index contributed by atoms with van der Waals surface area (Å²) in [6.07, 6.45) is 0. The number of urea groups is 1. The second kappa shape index (κ2) is 6.57. The van der Waals surface area contributed by atoms with Crippen LogP contribution in [0.15, 0.2) is 46.9 Å². The number of carbonyl (C=O) groups excluding carboxylic acids is 1. The smallest absolute Gasteiger partial charge is 0.319 e. The van der Waals surface area contributed by atoms with Crippen LogP contribution < -0.4 is 10.6 Å². The quantitative estimate of drug-likeness (QED) is 0.859. The molecule has 2 rings (SSSR count). The number of carbonyl (C=O) groups is 1. The fraction of sp³-hybridized carbons (Fsp3) is 0.188. The van der Waals surface area contributed by atoms with Gasteiger partial charge in [0.15, 0.2) is 0 Å². The van der Waals surface area contributed by atoms with E-state index in [2.05, 4.69) is 26.6 Å². The average Bonchev–Trinajstić information content (AvgIpc) is 2.43. The SMILES string of the molecule is Cc1cccc(NC(=O)NCc2ccccc2Br)c1C. The van der Waals surface area contributed by atoms with Gasteiger partial charge in [0.1, 0.15) is 0 Å². The van der Waals surface area contributed by atoms with E-state index in [9.17, 15) is 4.79 Å². The summed E-state index contributed by atoms with van der Waals surface area (Å²) in [7, 11) is 0. The number of hydrogen-bond donors (Lipinski definition) is 2. The lowest BCUT2D eigenvalue weighted by Crippen LogP contribution is -2.28. The fourth-order valence-corrected chi connectivity index (χ4v) is 2.30. The predicted octanol–water partition coefficient (Wildman–Crippen LogP) is 4.39. The van der Waals surface area contributed by atoms with E-state index in [4.69, 9.17) is 0 Å². The predicted molar refractivity (Wildman–Crippen MR) is 85.9 cm³/mol. The molecule has 0 radical (unpaired) electrons. The van der Waals surface area contributed by atoms with Crippen LogP contribution in [0.3, 0.4) is 0 Å². The maximum absolute atomic E-state index is 11.9. The summed E-state index contributed by atoms with van der Waals surface area (Å²) in [6, 6.07) is 13.5. The van der Waals surface area contributed by atoms with Gasteiger partial charge in [0, 0.05) is 16.7 Å². The van der Waals surface area contributed by atoms with Crippen LogP contribution in [0.25, 0.3) is 0 Å². The van der Waals surface area contributed by atoms with Crippen molar-refractivity contribution in [1.82, 2.24) is 5.32 Å². The molecule has 0 fully saturated rings. The molecule has 0 aliphatic carbocycles. The second-order valence-corrected chi connectivity index (χ2v) is 5.50. The Morgan fingerprint density at radius 1 is 1.10 bits per heavy atom. The van der Waals surface area contributed by atoms with Crippen molar-refractivity contribution in [2.75, 3.05) is 5.32 Å². The molecule has 104 valence electrons. The molecule has 2 aromatic carbocycles. The minimum Gasteiger partial charge on any atom is -0.334 e. The Morgan fingerprint density at radius 2 is 1.85 bits per heavy atom. The van der Waals surface area contributed by atoms with E-state index in [1.807, 2.05) is 56.3 Å². The van der Waals surface area contributed by atoms with Gasteiger partial charge in [-0.25, -0.2) is 4.79 Å². The molecule has 0 heterocycles. The summed E-state index contributed by atoms with van der Waals surface area (Å²) in [5, 5.41) is 5.73. The zero-order valence-corrected chi connectivity index (χ0v) is 13.1. The summed E-state index contributed by atoms with van der Waals surface area (Å²) < 4.78 is 0.993. The first-order chi connectivity index (χ1) is 9.58. The Balaban J connectivity index is 1.96. The molecule has 2 amide bonds. The van der Waals surface area contributed by atoms with Crippen molar-refractivity contribution in [3.63, 3.8) is 0 Å². The van der Waals surface area contributed by atoms with E-state index < -0.39 is 0 Å². The van der Waals surface area contributed by atoms with E-state index in [0.717, 1.165) is 26.9 Å². The Morgan fingerprint density at radius 3 is 2.60 bits per heavy atom. The molecular formula is C16H17BrN2O. The fourth-order valence-electron chi connectivity index (χ4n) is 1.87. The van der Waals surface area contributed by atoms with Gasteiger partial charge >= 0.3 is 6.03 Å². The highest BCUT2D eigenvalue weighted by Crippen LogP contribution is 2.18. The highest BCUT2D eigenvalue weighted by atomic mass is 79.9. The zero-order valence-electron chi connectivity index (χ0n) is 11.5. The molecule has 2 aromatic rings. The maximum Gasteiger partial charge on any atom is 0.319 e. The molecule has 0 unspecified atom stereocenters. The molecule has 3 nitrogen and oxygen atoms in total. The van der Waals surface area contributed by atoms with Crippen molar-refractivity contribution < 1.29 is 4.79 Å². The van der Waals surface area contributed by atoms with Crippen LogP contribution in [-0.2, 0) is 6.54 Å². The van der Waals surface area contributed by atoms with Crippen molar-refractivity contribution >= 4 is 27.6 Å². The average molecular weight is 333 g/mol. The van der Waals surface area contributed by atoms with Crippen molar-refractivity contribution in [3.8, 4) is 0 Å².